The van der Waals surface area contributed by atoms with E-state index in [0.29, 0.717) is 17.2 Å². The Bertz CT molecular complexity index is 272. The molecule has 1 saturated heterocycles. The van der Waals surface area contributed by atoms with Crippen LogP contribution in [0, 0.1) is 11.8 Å². The average molecular weight is 257 g/mol. The van der Waals surface area contributed by atoms with Gasteiger partial charge in [0.25, 0.3) is 0 Å². The van der Waals surface area contributed by atoms with Crippen LogP contribution in [0.25, 0.3) is 0 Å². The highest BCUT2D eigenvalue weighted by atomic mass is 32.2. The summed E-state index contributed by atoms with van der Waals surface area (Å²) in [4.78, 5) is 11.1. The number of carboxylic acids is 1. The number of nitrogens with one attached hydrogen (secondary N) is 1. The third-order valence-corrected chi connectivity index (χ3v) is 5.60. The molecule has 17 heavy (non-hydrogen) atoms. The van der Waals surface area contributed by atoms with E-state index in [1.807, 2.05) is 11.8 Å². The van der Waals surface area contributed by atoms with Gasteiger partial charge in [0.1, 0.15) is 0 Å². The molecular formula is C13H23NO2S. The van der Waals surface area contributed by atoms with Crippen LogP contribution in [-0.2, 0) is 4.79 Å². The molecule has 2 rings (SSSR count). The molecular weight excluding hydrogens is 234 g/mol. The Balaban J connectivity index is 1.78. The van der Waals surface area contributed by atoms with Crippen LogP contribution < -0.4 is 5.32 Å². The van der Waals surface area contributed by atoms with Crippen molar-refractivity contribution in [3.63, 3.8) is 0 Å². The first-order valence-corrected chi connectivity index (χ1v) is 7.81. The molecule has 1 aliphatic heterocycles. The summed E-state index contributed by atoms with van der Waals surface area (Å²) in [7, 11) is 0. The molecule has 4 unspecified atom stereocenters. The zero-order valence-electron chi connectivity index (χ0n) is 10.5. The molecule has 0 bridgehead atoms. The second kappa shape index (κ2) is 6.10. The van der Waals surface area contributed by atoms with Gasteiger partial charge < -0.3 is 10.4 Å². The fourth-order valence-electron chi connectivity index (χ4n) is 3.10. The van der Waals surface area contributed by atoms with Crippen molar-refractivity contribution in [3.8, 4) is 0 Å². The lowest BCUT2D eigenvalue weighted by atomic mass is 9.95. The van der Waals surface area contributed by atoms with Crippen LogP contribution in [0.5, 0.6) is 0 Å². The van der Waals surface area contributed by atoms with Gasteiger partial charge in [-0.25, -0.2) is 0 Å². The Labute approximate surface area is 108 Å². The monoisotopic (exact) mass is 257 g/mol. The van der Waals surface area contributed by atoms with Gasteiger partial charge in [-0.15, -0.1) is 0 Å². The summed E-state index contributed by atoms with van der Waals surface area (Å²) in [6, 6.07) is 0.587. The van der Waals surface area contributed by atoms with Crippen LogP contribution in [0.4, 0.5) is 0 Å². The van der Waals surface area contributed by atoms with E-state index in [1.165, 1.54) is 18.6 Å². The molecule has 0 spiro atoms. The lowest BCUT2D eigenvalue weighted by Crippen LogP contribution is -2.42. The highest BCUT2D eigenvalue weighted by molar-refractivity contribution is 7.99. The number of rotatable bonds is 4. The molecule has 2 N–H and O–H groups in total. The Morgan fingerprint density at radius 3 is 2.88 bits per heavy atom. The number of carboxylic acid groups (broad SMARTS) is 1. The molecule has 4 atom stereocenters. The lowest BCUT2D eigenvalue weighted by Gasteiger charge is -2.30. The number of carbonyl (C=O) groups is 1. The number of hydrogen-bond donors (Lipinski definition) is 2. The van der Waals surface area contributed by atoms with Crippen LogP contribution in [0.1, 0.15) is 39.0 Å². The zero-order valence-corrected chi connectivity index (χ0v) is 11.3. The predicted octanol–water partition coefficient (Wildman–Crippen LogP) is 2.36. The zero-order chi connectivity index (χ0) is 12.3. The Morgan fingerprint density at radius 1 is 1.35 bits per heavy atom. The number of hydrogen-bond acceptors (Lipinski definition) is 3. The van der Waals surface area contributed by atoms with E-state index in [0.717, 1.165) is 25.8 Å². The molecule has 0 radical (unpaired) electrons. The summed E-state index contributed by atoms with van der Waals surface area (Å²) in [6.45, 7) is 3.18. The molecule has 1 aliphatic carbocycles. The molecule has 0 aromatic heterocycles. The molecule has 1 saturated carbocycles. The van der Waals surface area contributed by atoms with Gasteiger partial charge in [0.05, 0.1) is 5.92 Å². The summed E-state index contributed by atoms with van der Waals surface area (Å²) < 4.78 is 0. The fourth-order valence-corrected chi connectivity index (χ4v) is 4.27. The van der Waals surface area contributed by atoms with Crippen molar-refractivity contribution in [3.05, 3.63) is 0 Å². The van der Waals surface area contributed by atoms with Crippen molar-refractivity contribution in [1.29, 1.82) is 0 Å². The maximum Gasteiger partial charge on any atom is 0.306 e. The van der Waals surface area contributed by atoms with E-state index < -0.39 is 5.97 Å². The minimum absolute atomic E-state index is 0.103. The van der Waals surface area contributed by atoms with Gasteiger partial charge in [-0.05, 0) is 43.9 Å². The molecule has 1 heterocycles. The van der Waals surface area contributed by atoms with Crippen molar-refractivity contribution in [2.45, 2.75) is 50.3 Å². The molecule has 0 aromatic carbocycles. The lowest BCUT2D eigenvalue weighted by molar-refractivity contribution is -0.142. The second-order valence-corrected chi connectivity index (χ2v) is 6.85. The first kappa shape index (κ1) is 13.2. The standard InChI is InChI=1S/C13H23NO2S/c1-9-12(6-3-7-17-9)14-8-10-4-2-5-11(10)13(15)16/h9-12,14H,2-8H2,1H3,(H,15,16). The van der Waals surface area contributed by atoms with Gasteiger partial charge in [0.15, 0.2) is 0 Å². The number of aliphatic carboxylic acids is 1. The molecule has 2 aliphatic rings. The SMILES string of the molecule is CC1SCCCC1NCC1CCCC1C(=O)O. The highest BCUT2D eigenvalue weighted by Crippen LogP contribution is 2.32. The maximum atomic E-state index is 11.1. The summed E-state index contributed by atoms with van der Waals surface area (Å²) in [6.07, 6.45) is 5.57. The Kier molecular flexibility index (Phi) is 4.74. The predicted molar refractivity (Wildman–Crippen MR) is 71.4 cm³/mol. The van der Waals surface area contributed by atoms with E-state index in [-0.39, 0.29) is 5.92 Å². The van der Waals surface area contributed by atoms with Gasteiger partial charge in [0.2, 0.25) is 0 Å². The highest BCUT2D eigenvalue weighted by Gasteiger charge is 2.33. The van der Waals surface area contributed by atoms with E-state index >= 15 is 0 Å². The summed E-state index contributed by atoms with van der Waals surface area (Å²) >= 11 is 2.04. The smallest absolute Gasteiger partial charge is 0.306 e. The van der Waals surface area contributed by atoms with Crippen molar-refractivity contribution in [2.75, 3.05) is 12.3 Å². The average Bonchev–Trinajstić information content (AvgIpc) is 2.76. The van der Waals surface area contributed by atoms with Gasteiger partial charge in [0, 0.05) is 11.3 Å². The van der Waals surface area contributed by atoms with E-state index in [4.69, 9.17) is 5.11 Å². The summed E-state index contributed by atoms with van der Waals surface area (Å²) in [5, 5.41) is 13.4. The molecule has 0 amide bonds. The van der Waals surface area contributed by atoms with Gasteiger partial charge in [-0.3, -0.25) is 4.79 Å². The molecule has 98 valence electrons. The summed E-state index contributed by atoms with van der Waals surface area (Å²) in [5.74, 6) is 0.932. The molecule has 4 heteroatoms. The maximum absolute atomic E-state index is 11.1. The number of thioether (sulfide) groups is 1. The van der Waals surface area contributed by atoms with Crippen molar-refractivity contribution in [1.82, 2.24) is 5.32 Å². The van der Waals surface area contributed by atoms with E-state index in [9.17, 15) is 4.79 Å². The molecule has 3 nitrogen and oxygen atoms in total. The fraction of sp³-hybridized carbons (Fsp3) is 0.923. The van der Waals surface area contributed by atoms with Crippen LogP contribution in [0.15, 0.2) is 0 Å². The minimum atomic E-state index is -0.597. The van der Waals surface area contributed by atoms with Gasteiger partial charge in [-0.2, -0.15) is 11.8 Å². The molecule has 2 fully saturated rings. The van der Waals surface area contributed by atoms with Gasteiger partial charge >= 0.3 is 5.97 Å². The van der Waals surface area contributed by atoms with Crippen LogP contribution in [0.2, 0.25) is 0 Å². The normalized spacial score (nSPS) is 38.2. The van der Waals surface area contributed by atoms with Crippen molar-refractivity contribution in [2.24, 2.45) is 11.8 Å². The summed E-state index contributed by atoms with van der Waals surface area (Å²) in [5.41, 5.74) is 0. The van der Waals surface area contributed by atoms with Crippen molar-refractivity contribution >= 4 is 17.7 Å². The van der Waals surface area contributed by atoms with Gasteiger partial charge in [-0.1, -0.05) is 13.3 Å². The topological polar surface area (TPSA) is 49.3 Å². The molecule has 0 aromatic rings. The first-order valence-electron chi connectivity index (χ1n) is 6.76. The van der Waals surface area contributed by atoms with E-state index in [1.54, 1.807) is 0 Å². The Hall–Kier alpha value is -0.220. The minimum Gasteiger partial charge on any atom is -0.481 e. The van der Waals surface area contributed by atoms with Crippen molar-refractivity contribution < 1.29 is 9.90 Å². The van der Waals surface area contributed by atoms with Crippen LogP contribution in [-0.4, -0.2) is 34.7 Å². The largest absolute Gasteiger partial charge is 0.481 e. The third kappa shape index (κ3) is 3.38. The third-order valence-electron chi connectivity index (χ3n) is 4.23. The quantitative estimate of drug-likeness (QED) is 0.812. The van der Waals surface area contributed by atoms with Crippen LogP contribution in [0.3, 0.4) is 0 Å². The van der Waals surface area contributed by atoms with Crippen LogP contribution >= 0.6 is 11.8 Å². The second-order valence-electron chi connectivity index (χ2n) is 5.37. The first-order chi connectivity index (χ1) is 8.18. The Morgan fingerprint density at radius 2 is 2.18 bits per heavy atom. The van der Waals surface area contributed by atoms with E-state index in [2.05, 4.69) is 12.2 Å².